The van der Waals surface area contributed by atoms with E-state index in [9.17, 15) is 18.0 Å². The fourth-order valence-corrected chi connectivity index (χ4v) is 6.84. The SMILES string of the molecule is CC1CC(C)CN(CCCNC(=O)CN2C(=O)COc3ccc(S(=O)(=O)N4CCCC4)cc32)C1. The maximum Gasteiger partial charge on any atom is 0.265 e. The standard InChI is InChI=1S/C24H36N4O5S/c1-18-12-19(2)15-26(14-18)9-5-8-25-23(29)16-28-21-13-20(6-7-22(21)33-17-24(28)30)34(31,32)27-10-3-4-11-27/h6-7,13,18-19H,3-5,8-12,14-17H2,1-2H3,(H,25,29). The summed E-state index contributed by atoms with van der Waals surface area (Å²) in [5.74, 6) is 1.17. The molecule has 1 aromatic rings. The molecule has 2 fully saturated rings. The van der Waals surface area contributed by atoms with Crippen LogP contribution in [0, 0.1) is 11.8 Å². The molecule has 9 nitrogen and oxygen atoms in total. The lowest BCUT2D eigenvalue weighted by molar-refractivity contribution is -0.125. The number of rotatable bonds is 8. The van der Waals surface area contributed by atoms with Crippen molar-refractivity contribution >= 4 is 27.5 Å². The molecule has 2 amide bonds. The molecule has 1 N–H and O–H groups in total. The van der Waals surface area contributed by atoms with E-state index in [1.54, 1.807) is 6.07 Å². The Bertz CT molecular complexity index is 999. The minimum Gasteiger partial charge on any atom is -0.482 e. The van der Waals surface area contributed by atoms with Gasteiger partial charge in [0, 0.05) is 32.7 Å². The molecule has 10 heteroatoms. The Kier molecular flexibility index (Phi) is 7.79. The number of nitrogens with one attached hydrogen (secondary N) is 1. The van der Waals surface area contributed by atoms with Crippen molar-refractivity contribution in [3.63, 3.8) is 0 Å². The second-order valence-corrected chi connectivity index (χ2v) is 11.9. The highest BCUT2D eigenvalue weighted by molar-refractivity contribution is 7.89. The number of hydrogen-bond donors (Lipinski definition) is 1. The Morgan fingerprint density at radius 2 is 1.85 bits per heavy atom. The minimum absolute atomic E-state index is 0.113. The molecule has 0 spiro atoms. The highest BCUT2D eigenvalue weighted by Gasteiger charge is 2.32. The number of likely N-dealkylation sites (tertiary alicyclic amines) is 1. The van der Waals surface area contributed by atoms with E-state index in [0.29, 0.717) is 42.9 Å². The van der Waals surface area contributed by atoms with Gasteiger partial charge >= 0.3 is 0 Å². The molecular formula is C24H36N4O5S. The van der Waals surface area contributed by atoms with Crippen LogP contribution in [0.15, 0.2) is 23.1 Å². The zero-order valence-corrected chi connectivity index (χ0v) is 21.0. The van der Waals surface area contributed by atoms with Crippen LogP contribution in [0.3, 0.4) is 0 Å². The van der Waals surface area contributed by atoms with Gasteiger partial charge in [-0.25, -0.2) is 8.42 Å². The lowest BCUT2D eigenvalue weighted by atomic mass is 9.92. The fraction of sp³-hybridized carbons (Fsp3) is 0.667. The van der Waals surface area contributed by atoms with E-state index in [1.807, 2.05) is 0 Å². The summed E-state index contributed by atoms with van der Waals surface area (Å²) in [6, 6.07) is 4.52. The van der Waals surface area contributed by atoms with Gasteiger partial charge in [-0.3, -0.25) is 14.5 Å². The monoisotopic (exact) mass is 492 g/mol. The highest BCUT2D eigenvalue weighted by Crippen LogP contribution is 2.35. The number of amides is 2. The summed E-state index contributed by atoms with van der Waals surface area (Å²) in [5, 5.41) is 2.91. The molecule has 0 saturated carbocycles. The first-order chi connectivity index (χ1) is 16.2. The highest BCUT2D eigenvalue weighted by atomic mass is 32.2. The second kappa shape index (κ2) is 10.6. The van der Waals surface area contributed by atoms with Crippen LogP contribution < -0.4 is 15.0 Å². The number of hydrogen-bond acceptors (Lipinski definition) is 6. The average Bonchev–Trinajstić information content (AvgIpc) is 3.34. The molecule has 34 heavy (non-hydrogen) atoms. The van der Waals surface area contributed by atoms with E-state index in [2.05, 4.69) is 24.1 Å². The summed E-state index contributed by atoms with van der Waals surface area (Å²) in [5.41, 5.74) is 0.322. The predicted molar refractivity (Wildman–Crippen MR) is 129 cm³/mol. The van der Waals surface area contributed by atoms with Crippen molar-refractivity contribution in [1.29, 1.82) is 0 Å². The van der Waals surface area contributed by atoms with Crippen molar-refractivity contribution in [3.8, 4) is 5.75 Å². The third-order valence-corrected chi connectivity index (χ3v) is 8.69. The maximum atomic E-state index is 13.0. The molecule has 2 unspecified atom stereocenters. The van der Waals surface area contributed by atoms with Crippen LogP contribution in [0.1, 0.15) is 39.5 Å². The number of anilines is 1. The number of piperidine rings is 1. The Labute approximate surface area is 202 Å². The number of carbonyl (C=O) groups excluding carboxylic acids is 2. The lowest BCUT2D eigenvalue weighted by Gasteiger charge is -2.35. The molecule has 0 aromatic heterocycles. The predicted octanol–water partition coefficient (Wildman–Crippen LogP) is 1.68. The smallest absolute Gasteiger partial charge is 0.265 e. The average molecular weight is 493 g/mol. The van der Waals surface area contributed by atoms with Gasteiger partial charge in [0.05, 0.1) is 10.6 Å². The molecule has 3 aliphatic heterocycles. The summed E-state index contributed by atoms with van der Waals surface area (Å²) in [6.07, 6.45) is 3.79. The molecule has 1 aromatic carbocycles. The topological polar surface area (TPSA) is 99.3 Å². The summed E-state index contributed by atoms with van der Waals surface area (Å²) in [6.45, 7) is 8.88. The van der Waals surface area contributed by atoms with Gasteiger partial charge in [0.1, 0.15) is 12.3 Å². The number of fused-ring (bicyclic) bond motifs is 1. The third-order valence-electron chi connectivity index (χ3n) is 6.80. The minimum atomic E-state index is -3.64. The Hall–Kier alpha value is -2.17. The van der Waals surface area contributed by atoms with Gasteiger partial charge in [-0.1, -0.05) is 13.8 Å². The van der Waals surface area contributed by atoms with Gasteiger partial charge in [-0.05, 0) is 62.3 Å². The summed E-state index contributed by atoms with van der Waals surface area (Å²) >= 11 is 0. The van der Waals surface area contributed by atoms with Crippen molar-refractivity contribution < 1.29 is 22.7 Å². The van der Waals surface area contributed by atoms with Gasteiger partial charge in [0.15, 0.2) is 6.61 Å². The number of benzene rings is 1. The van der Waals surface area contributed by atoms with Crippen LogP contribution in [0.4, 0.5) is 5.69 Å². The Morgan fingerprint density at radius 1 is 1.15 bits per heavy atom. The zero-order valence-electron chi connectivity index (χ0n) is 20.2. The van der Waals surface area contributed by atoms with E-state index < -0.39 is 10.0 Å². The van der Waals surface area contributed by atoms with Crippen molar-refractivity contribution in [3.05, 3.63) is 18.2 Å². The van der Waals surface area contributed by atoms with Gasteiger partial charge in [0.25, 0.3) is 5.91 Å². The maximum absolute atomic E-state index is 13.0. The molecule has 0 radical (unpaired) electrons. The van der Waals surface area contributed by atoms with E-state index in [4.69, 9.17) is 4.74 Å². The van der Waals surface area contributed by atoms with Crippen LogP contribution in [0.5, 0.6) is 5.75 Å². The van der Waals surface area contributed by atoms with Gasteiger partial charge < -0.3 is 15.0 Å². The lowest BCUT2D eigenvalue weighted by Crippen LogP contribution is -2.45. The molecule has 3 aliphatic rings. The van der Waals surface area contributed by atoms with Gasteiger partial charge in [-0.2, -0.15) is 4.31 Å². The van der Waals surface area contributed by atoms with Crippen LogP contribution in [0.25, 0.3) is 0 Å². The summed E-state index contributed by atoms with van der Waals surface area (Å²) in [7, 11) is -3.64. The quantitative estimate of drug-likeness (QED) is 0.555. The van der Waals surface area contributed by atoms with Crippen molar-refractivity contribution in [2.75, 3.05) is 57.3 Å². The van der Waals surface area contributed by atoms with Gasteiger partial charge in [0.2, 0.25) is 15.9 Å². The first-order valence-corrected chi connectivity index (χ1v) is 13.7. The molecule has 2 atom stereocenters. The third kappa shape index (κ3) is 5.72. The second-order valence-electron chi connectivity index (χ2n) is 9.92. The largest absolute Gasteiger partial charge is 0.482 e. The number of ether oxygens (including phenoxy) is 1. The zero-order chi connectivity index (χ0) is 24.3. The van der Waals surface area contributed by atoms with E-state index in [1.165, 1.54) is 27.8 Å². The van der Waals surface area contributed by atoms with Crippen LogP contribution in [0.2, 0.25) is 0 Å². The molecule has 0 aliphatic carbocycles. The van der Waals surface area contributed by atoms with Gasteiger partial charge in [-0.15, -0.1) is 0 Å². The first-order valence-electron chi connectivity index (χ1n) is 12.3. The van der Waals surface area contributed by atoms with Crippen molar-refractivity contribution in [2.24, 2.45) is 11.8 Å². The number of sulfonamides is 1. The van der Waals surface area contributed by atoms with Crippen LogP contribution in [-0.4, -0.2) is 81.9 Å². The van der Waals surface area contributed by atoms with E-state index in [0.717, 1.165) is 38.9 Å². The summed E-state index contributed by atoms with van der Waals surface area (Å²) < 4.78 is 32.9. The van der Waals surface area contributed by atoms with E-state index >= 15 is 0 Å². The molecular weight excluding hydrogens is 456 g/mol. The fourth-order valence-electron chi connectivity index (χ4n) is 5.30. The molecule has 0 bridgehead atoms. The molecule has 4 rings (SSSR count). The molecule has 3 heterocycles. The molecule has 188 valence electrons. The normalized spacial score (nSPS) is 24.1. The summed E-state index contributed by atoms with van der Waals surface area (Å²) in [4.78, 5) is 29.1. The van der Waals surface area contributed by atoms with Crippen molar-refractivity contribution in [1.82, 2.24) is 14.5 Å². The number of nitrogens with zero attached hydrogens (tertiary/aromatic N) is 3. The Morgan fingerprint density at radius 3 is 2.56 bits per heavy atom. The van der Waals surface area contributed by atoms with Crippen molar-refractivity contribution in [2.45, 2.75) is 44.4 Å². The van der Waals surface area contributed by atoms with E-state index in [-0.39, 0.29) is 29.9 Å². The molecule has 2 saturated heterocycles. The number of carbonyl (C=O) groups is 2. The van der Waals surface area contributed by atoms with Crippen LogP contribution in [-0.2, 0) is 19.6 Å². The Balaban J connectivity index is 1.36. The first kappa shape index (κ1) is 24.9. The van der Waals surface area contributed by atoms with Crippen LogP contribution >= 0.6 is 0 Å².